The quantitative estimate of drug-likeness (QED) is 0.642. The fraction of sp³-hybridized carbons (Fsp3) is 0.167. The summed E-state index contributed by atoms with van der Waals surface area (Å²) in [5.74, 6) is -0.104. The molecule has 7 nitrogen and oxygen atoms in total. The highest BCUT2D eigenvalue weighted by atomic mass is 32.2. The Morgan fingerprint density at radius 2 is 1.69 bits per heavy atom. The molecule has 2 aromatic carbocycles. The molecule has 0 aliphatic heterocycles. The van der Waals surface area contributed by atoms with E-state index in [2.05, 4.69) is 14.8 Å². The van der Waals surface area contributed by atoms with E-state index in [-0.39, 0.29) is 17.2 Å². The molecule has 1 N–H and O–H groups in total. The Balaban J connectivity index is 1.63. The number of Topliss-reactive ketones (excluding diaryl/α,β-unsaturated/α-hetero) is 1. The Morgan fingerprint density at radius 3 is 2.27 bits per heavy atom. The lowest BCUT2D eigenvalue weighted by atomic mass is 10.1. The van der Waals surface area contributed by atoms with Gasteiger partial charge in [0.25, 0.3) is 0 Å². The van der Waals surface area contributed by atoms with Crippen molar-refractivity contribution in [3.05, 3.63) is 77.9 Å². The molecule has 1 aromatic heterocycles. The van der Waals surface area contributed by atoms with Crippen molar-refractivity contribution in [2.24, 2.45) is 0 Å². The summed E-state index contributed by atoms with van der Waals surface area (Å²) in [6.07, 6.45) is 3.12. The van der Waals surface area contributed by atoms with Crippen molar-refractivity contribution in [3.63, 3.8) is 0 Å². The normalized spacial score (nSPS) is 11.4. The van der Waals surface area contributed by atoms with Gasteiger partial charge in [0.15, 0.2) is 5.78 Å². The van der Waals surface area contributed by atoms with Crippen molar-refractivity contribution in [1.29, 1.82) is 0 Å². The third-order valence-electron chi connectivity index (χ3n) is 3.87. The lowest BCUT2D eigenvalue weighted by Crippen LogP contribution is -2.23. The third-order valence-corrected chi connectivity index (χ3v) is 5.29. The van der Waals surface area contributed by atoms with Crippen LogP contribution in [0.2, 0.25) is 0 Å². The number of rotatable bonds is 7. The molecule has 1 heterocycles. The van der Waals surface area contributed by atoms with Crippen LogP contribution in [0.4, 0.5) is 0 Å². The van der Waals surface area contributed by atoms with Gasteiger partial charge in [0.2, 0.25) is 10.0 Å². The number of nitrogens with zero attached hydrogens (tertiary/aromatic N) is 3. The van der Waals surface area contributed by atoms with Crippen LogP contribution in [0.5, 0.6) is 0 Å². The number of nitrogens with one attached hydrogen (secondary N) is 1. The van der Waals surface area contributed by atoms with Crippen LogP contribution in [0.25, 0.3) is 0 Å². The van der Waals surface area contributed by atoms with Crippen molar-refractivity contribution in [2.45, 2.75) is 24.9 Å². The molecule has 0 saturated heterocycles. The summed E-state index contributed by atoms with van der Waals surface area (Å²) in [6, 6.07) is 13.5. The van der Waals surface area contributed by atoms with Gasteiger partial charge < -0.3 is 0 Å². The van der Waals surface area contributed by atoms with Crippen molar-refractivity contribution in [3.8, 4) is 0 Å². The van der Waals surface area contributed by atoms with Gasteiger partial charge in [0.05, 0.1) is 11.4 Å². The Labute approximate surface area is 151 Å². The molecule has 3 aromatic rings. The maximum Gasteiger partial charge on any atom is 0.240 e. The lowest BCUT2D eigenvalue weighted by Gasteiger charge is -2.08. The van der Waals surface area contributed by atoms with E-state index in [1.807, 2.05) is 24.3 Å². The first kappa shape index (κ1) is 18.0. The number of carbonyl (C=O) groups excluding carboxylic acids is 1. The monoisotopic (exact) mass is 370 g/mol. The van der Waals surface area contributed by atoms with E-state index in [0.717, 1.165) is 11.1 Å². The Morgan fingerprint density at radius 1 is 1.04 bits per heavy atom. The van der Waals surface area contributed by atoms with Crippen LogP contribution < -0.4 is 4.72 Å². The molecule has 26 heavy (non-hydrogen) atoms. The fourth-order valence-corrected chi connectivity index (χ4v) is 3.41. The molecule has 0 spiro atoms. The minimum Gasteiger partial charge on any atom is -0.295 e. The van der Waals surface area contributed by atoms with Crippen LogP contribution in [-0.4, -0.2) is 29.0 Å². The van der Waals surface area contributed by atoms with E-state index >= 15 is 0 Å². The van der Waals surface area contributed by atoms with E-state index in [1.165, 1.54) is 37.5 Å². The second-order valence-electron chi connectivity index (χ2n) is 5.81. The molecule has 0 atom stereocenters. The number of aromatic nitrogens is 3. The predicted octanol–water partition coefficient (Wildman–Crippen LogP) is 2.01. The Bertz CT molecular complexity index is 980. The van der Waals surface area contributed by atoms with Crippen LogP contribution in [0.15, 0.2) is 66.1 Å². The van der Waals surface area contributed by atoms with E-state index < -0.39 is 10.0 Å². The minimum atomic E-state index is -3.64. The van der Waals surface area contributed by atoms with Gasteiger partial charge in [-0.25, -0.2) is 22.8 Å². The number of hydrogen-bond donors (Lipinski definition) is 1. The standard InChI is InChI=1S/C18H18N4O3S/c1-14(23)17-6-8-18(9-7-17)26(24,25)21-10-15-2-4-16(5-3-15)11-22-13-19-12-20-22/h2-9,12-13,21H,10-11H2,1H3. The Hall–Kier alpha value is -2.84. The zero-order chi connectivity index (χ0) is 18.6. The van der Waals surface area contributed by atoms with Gasteiger partial charge >= 0.3 is 0 Å². The molecular formula is C18H18N4O3S. The number of sulfonamides is 1. The first-order chi connectivity index (χ1) is 12.4. The zero-order valence-corrected chi connectivity index (χ0v) is 15.0. The number of ketones is 1. The maximum absolute atomic E-state index is 12.4. The van der Waals surface area contributed by atoms with Crippen LogP contribution in [0.1, 0.15) is 28.4 Å². The first-order valence-corrected chi connectivity index (χ1v) is 9.43. The van der Waals surface area contributed by atoms with Gasteiger partial charge in [-0.2, -0.15) is 5.10 Å². The molecule has 134 valence electrons. The van der Waals surface area contributed by atoms with Gasteiger partial charge in [-0.15, -0.1) is 0 Å². The van der Waals surface area contributed by atoms with Gasteiger partial charge in [0.1, 0.15) is 12.7 Å². The molecule has 0 radical (unpaired) electrons. The number of carbonyl (C=O) groups is 1. The minimum absolute atomic E-state index is 0.104. The van der Waals surface area contributed by atoms with Gasteiger partial charge in [-0.1, -0.05) is 36.4 Å². The van der Waals surface area contributed by atoms with E-state index in [9.17, 15) is 13.2 Å². The summed E-state index contributed by atoms with van der Waals surface area (Å²) < 4.78 is 29.0. The summed E-state index contributed by atoms with van der Waals surface area (Å²) >= 11 is 0. The predicted molar refractivity (Wildman–Crippen MR) is 96.0 cm³/mol. The SMILES string of the molecule is CC(=O)c1ccc(S(=O)(=O)NCc2ccc(Cn3cncn3)cc2)cc1. The highest BCUT2D eigenvalue weighted by molar-refractivity contribution is 7.89. The van der Waals surface area contributed by atoms with Crippen molar-refractivity contribution in [2.75, 3.05) is 0 Å². The molecule has 0 fully saturated rings. The largest absolute Gasteiger partial charge is 0.295 e. The summed E-state index contributed by atoms with van der Waals surface area (Å²) in [5, 5.41) is 4.05. The molecule has 0 unspecified atom stereocenters. The molecule has 0 saturated carbocycles. The summed E-state index contributed by atoms with van der Waals surface area (Å²) in [6.45, 7) is 2.23. The highest BCUT2D eigenvalue weighted by Crippen LogP contribution is 2.12. The lowest BCUT2D eigenvalue weighted by molar-refractivity contribution is 0.101. The molecule has 0 aliphatic carbocycles. The molecule has 3 rings (SSSR count). The van der Waals surface area contributed by atoms with Crippen LogP contribution in [0.3, 0.4) is 0 Å². The summed E-state index contributed by atoms with van der Waals surface area (Å²) in [4.78, 5) is 15.3. The van der Waals surface area contributed by atoms with Crippen LogP contribution in [0, 0.1) is 0 Å². The molecule has 8 heteroatoms. The maximum atomic E-state index is 12.4. The average molecular weight is 370 g/mol. The average Bonchev–Trinajstić information content (AvgIpc) is 3.14. The highest BCUT2D eigenvalue weighted by Gasteiger charge is 2.14. The molecule has 0 amide bonds. The van der Waals surface area contributed by atoms with Gasteiger partial charge in [-0.3, -0.25) is 4.79 Å². The third kappa shape index (κ3) is 4.41. The Kier molecular flexibility index (Phi) is 5.24. The van der Waals surface area contributed by atoms with E-state index in [4.69, 9.17) is 0 Å². The van der Waals surface area contributed by atoms with Crippen LogP contribution >= 0.6 is 0 Å². The fourth-order valence-electron chi connectivity index (χ4n) is 2.39. The topological polar surface area (TPSA) is 94.0 Å². The van der Waals surface area contributed by atoms with Crippen molar-refractivity contribution >= 4 is 15.8 Å². The first-order valence-electron chi connectivity index (χ1n) is 7.95. The van der Waals surface area contributed by atoms with Gasteiger partial charge in [0, 0.05) is 12.1 Å². The zero-order valence-electron chi connectivity index (χ0n) is 14.2. The van der Waals surface area contributed by atoms with Crippen molar-refractivity contribution < 1.29 is 13.2 Å². The second-order valence-corrected chi connectivity index (χ2v) is 7.58. The van der Waals surface area contributed by atoms with E-state index in [1.54, 1.807) is 11.0 Å². The summed E-state index contributed by atoms with van der Waals surface area (Å²) in [5.41, 5.74) is 2.37. The molecular weight excluding hydrogens is 352 g/mol. The molecule has 0 bridgehead atoms. The van der Waals surface area contributed by atoms with Gasteiger partial charge in [-0.05, 0) is 30.2 Å². The van der Waals surface area contributed by atoms with Crippen LogP contribution in [-0.2, 0) is 23.1 Å². The van der Waals surface area contributed by atoms with Crippen molar-refractivity contribution in [1.82, 2.24) is 19.5 Å². The second kappa shape index (κ2) is 7.59. The molecule has 0 aliphatic rings. The van der Waals surface area contributed by atoms with E-state index in [0.29, 0.717) is 12.1 Å². The number of hydrogen-bond acceptors (Lipinski definition) is 5. The number of benzene rings is 2. The smallest absolute Gasteiger partial charge is 0.240 e. The summed E-state index contributed by atoms with van der Waals surface area (Å²) in [7, 11) is -3.64.